The Balaban J connectivity index is 1.49. The SMILES string of the molecule is CN(Cc1cnccn1)C(=O)C[C@@H]1CN(Cc2ccccc2)CCO1. The van der Waals surface area contributed by atoms with Gasteiger partial charge in [0.1, 0.15) is 0 Å². The van der Waals surface area contributed by atoms with Crippen LogP contribution in [0.15, 0.2) is 48.9 Å². The van der Waals surface area contributed by atoms with Crippen LogP contribution in [0.5, 0.6) is 0 Å². The molecule has 1 atom stereocenters. The van der Waals surface area contributed by atoms with E-state index in [0.29, 0.717) is 19.6 Å². The summed E-state index contributed by atoms with van der Waals surface area (Å²) >= 11 is 0. The quantitative estimate of drug-likeness (QED) is 0.801. The molecule has 6 nitrogen and oxygen atoms in total. The molecule has 1 aromatic heterocycles. The summed E-state index contributed by atoms with van der Waals surface area (Å²) in [6, 6.07) is 10.4. The average molecular weight is 340 g/mol. The minimum Gasteiger partial charge on any atom is -0.375 e. The smallest absolute Gasteiger partial charge is 0.225 e. The van der Waals surface area contributed by atoms with Crippen molar-refractivity contribution < 1.29 is 9.53 Å². The minimum atomic E-state index is -0.0609. The van der Waals surface area contributed by atoms with Crippen LogP contribution in [0.2, 0.25) is 0 Å². The second kappa shape index (κ2) is 8.69. The number of morpholine rings is 1. The fraction of sp³-hybridized carbons (Fsp3) is 0.421. The van der Waals surface area contributed by atoms with Crippen LogP contribution < -0.4 is 0 Å². The molecule has 0 aliphatic carbocycles. The second-order valence-corrected chi connectivity index (χ2v) is 6.36. The van der Waals surface area contributed by atoms with Gasteiger partial charge in [0.05, 0.1) is 37.6 Å². The number of aromatic nitrogens is 2. The van der Waals surface area contributed by atoms with Crippen LogP contribution in [-0.2, 0) is 22.6 Å². The van der Waals surface area contributed by atoms with Crippen LogP contribution >= 0.6 is 0 Å². The van der Waals surface area contributed by atoms with Crippen molar-refractivity contribution in [1.82, 2.24) is 19.8 Å². The number of hydrogen-bond donors (Lipinski definition) is 0. The Morgan fingerprint density at radius 3 is 2.92 bits per heavy atom. The van der Waals surface area contributed by atoms with Gasteiger partial charge in [0.2, 0.25) is 5.91 Å². The van der Waals surface area contributed by atoms with Crippen molar-refractivity contribution in [2.75, 3.05) is 26.7 Å². The first-order valence-electron chi connectivity index (χ1n) is 8.57. The molecule has 132 valence electrons. The summed E-state index contributed by atoms with van der Waals surface area (Å²) in [7, 11) is 1.79. The zero-order chi connectivity index (χ0) is 17.5. The first-order valence-corrected chi connectivity index (χ1v) is 8.57. The van der Waals surface area contributed by atoms with E-state index in [1.165, 1.54) is 5.56 Å². The summed E-state index contributed by atoms with van der Waals surface area (Å²) < 4.78 is 5.80. The lowest BCUT2D eigenvalue weighted by atomic mass is 10.1. The highest BCUT2D eigenvalue weighted by atomic mass is 16.5. The lowest BCUT2D eigenvalue weighted by Gasteiger charge is -2.33. The molecule has 0 bridgehead atoms. The van der Waals surface area contributed by atoms with Gasteiger partial charge < -0.3 is 9.64 Å². The molecule has 25 heavy (non-hydrogen) atoms. The van der Waals surface area contributed by atoms with Gasteiger partial charge in [-0.05, 0) is 5.56 Å². The number of carbonyl (C=O) groups is 1. The summed E-state index contributed by atoms with van der Waals surface area (Å²) in [6.45, 7) is 3.70. The molecule has 0 N–H and O–H groups in total. The van der Waals surface area contributed by atoms with Gasteiger partial charge >= 0.3 is 0 Å². The molecule has 1 aromatic carbocycles. The Morgan fingerprint density at radius 2 is 2.16 bits per heavy atom. The van der Waals surface area contributed by atoms with Gasteiger partial charge in [0, 0.05) is 39.1 Å². The van der Waals surface area contributed by atoms with E-state index >= 15 is 0 Å². The molecule has 1 aliphatic heterocycles. The molecule has 0 spiro atoms. The maximum absolute atomic E-state index is 12.5. The summed E-state index contributed by atoms with van der Waals surface area (Å²) in [5.41, 5.74) is 2.07. The highest BCUT2D eigenvalue weighted by Gasteiger charge is 2.24. The standard InChI is InChI=1S/C19H24N4O2/c1-22(14-17-12-20-7-8-21-17)19(24)11-18-15-23(9-10-25-18)13-16-5-3-2-4-6-16/h2-8,12,18H,9-11,13-15H2,1H3/t18-/m1/s1. The Morgan fingerprint density at radius 1 is 1.32 bits per heavy atom. The van der Waals surface area contributed by atoms with E-state index in [4.69, 9.17) is 4.74 Å². The average Bonchev–Trinajstić information content (AvgIpc) is 2.63. The molecule has 2 heterocycles. The monoisotopic (exact) mass is 340 g/mol. The fourth-order valence-corrected chi connectivity index (χ4v) is 2.98. The van der Waals surface area contributed by atoms with Gasteiger partial charge in [-0.1, -0.05) is 30.3 Å². The highest BCUT2D eigenvalue weighted by molar-refractivity contribution is 5.76. The van der Waals surface area contributed by atoms with E-state index in [2.05, 4.69) is 39.1 Å². The van der Waals surface area contributed by atoms with Crippen LogP contribution in [0, 0.1) is 0 Å². The van der Waals surface area contributed by atoms with Crippen molar-refractivity contribution in [3.63, 3.8) is 0 Å². The molecule has 0 unspecified atom stereocenters. The topological polar surface area (TPSA) is 58.6 Å². The zero-order valence-electron chi connectivity index (χ0n) is 14.5. The lowest BCUT2D eigenvalue weighted by molar-refractivity contribution is -0.135. The maximum atomic E-state index is 12.5. The van der Waals surface area contributed by atoms with Crippen LogP contribution in [0.4, 0.5) is 0 Å². The van der Waals surface area contributed by atoms with Crippen molar-refractivity contribution in [3.05, 3.63) is 60.2 Å². The molecule has 1 fully saturated rings. The molecule has 0 radical (unpaired) electrons. The van der Waals surface area contributed by atoms with Crippen molar-refractivity contribution in [3.8, 4) is 0 Å². The Hall–Kier alpha value is -2.31. The number of nitrogens with zero attached hydrogens (tertiary/aromatic N) is 4. The first kappa shape index (κ1) is 17.5. The van der Waals surface area contributed by atoms with E-state index in [0.717, 1.165) is 25.3 Å². The van der Waals surface area contributed by atoms with Gasteiger partial charge in [-0.3, -0.25) is 19.7 Å². The van der Waals surface area contributed by atoms with Gasteiger partial charge in [0.15, 0.2) is 0 Å². The normalized spacial score (nSPS) is 18.0. The summed E-state index contributed by atoms with van der Waals surface area (Å²) in [5, 5.41) is 0. The maximum Gasteiger partial charge on any atom is 0.225 e. The molecule has 3 rings (SSSR count). The summed E-state index contributed by atoms with van der Waals surface area (Å²) in [5.74, 6) is 0.0669. The predicted octanol–water partition coefficient (Wildman–Crippen LogP) is 1.73. The summed E-state index contributed by atoms with van der Waals surface area (Å²) in [6.07, 6.45) is 5.28. The number of hydrogen-bond acceptors (Lipinski definition) is 5. The van der Waals surface area contributed by atoms with Crippen LogP contribution in [0.1, 0.15) is 17.7 Å². The van der Waals surface area contributed by atoms with E-state index in [1.807, 2.05) is 6.07 Å². The second-order valence-electron chi connectivity index (χ2n) is 6.36. The molecule has 1 amide bonds. The number of ether oxygens (including phenoxy) is 1. The first-order chi connectivity index (χ1) is 12.2. The lowest BCUT2D eigenvalue weighted by Crippen LogP contribution is -2.44. The van der Waals surface area contributed by atoms with Gasteiger partial charge in [-0.2, -0.15) is 0 Å². The third-order valence-corrected chi connectivity index (χ3v) is 4.32. The van der Waals surface area contributed by atoms with Crippen LogP contribution in [0.3, 0.4) is 0 Å². The number of benzene rings is 1. The number of carbonyl (C=O) groups excluding carboxylic acids is 1. The van der Waals surface area contributed by atoms with Crippen molar-refractivity contribution in [1.29, 1.82) is 0 Å². The molecule has 1 aliphatic rings. The van der Waals surface area contributed by atoms with Crippen molar-refractivity contribution in [2.24, 2.45) is 0 Å². The number of amides is 1. The Labute approximate surface area is 148 Å². The molecule has 1 saturated heterocycles. The minimum absolute atomic E-state index is 0.0609. The van der Waals surface area contributed by atoms with E-state index in [1.54, 1.807) is 30.5 Å². The van der Waals surface area contributed by atoms with Gasteiger partial charge in [-0.25, -0.2) is 0 Å². The predicted molar refractivity (Wildman–Crippen MR) is 94.6 cm³/mol. The summed E-state index contributed by atoms with van der Waals surface area (Å²) in [4.78, 5) is 24.7. The van der Waals surface area contributed by atoms with Crippen molar-refractivity contribution >= 4 is 5.91 Å². The zero-order valence-corrected chi connectivity index (χ0v) is 14.5. The number of rotatable bonds is 6. The third-order valence-electron chi connectivity index (χ3n) is 4.32. The Bertz CT molecular complexity index is 666. The van der Waals surface area contributed by atoms with Crippen LogP contribution in [0.25, 0.3) is 0 Å². The van der Waals surface area contributed by atoms with Crippen molar-refractivity contribution in [2.45, 2.75) is 25.6 Å². The highest BCUT2D eigenvalue weighted by Crippen LogP contribution is 2.14. The van der Waals surface area contributed by atoms with E-state index < -0.39 is 0 Å². The molecule has 6 heteroatoms. The Kier molecular flexibility index (Phi) is 6.09. The third kappa shape index (κ3) is 5.34. The molecule has 2 aromatic rings. The molecular formula is C19H24N4O2. The van der Waals surface area contributed by atoms with Crippen LogP contribution in [-0.4, -0.2) is 58.5 Å². The fourth-order valence-electron chi connectivity index (χ4n) is 2.98. The molecular weight excluding hydrogens is 316 g/mol. The van der Waals surface area contributed by atoms with Gasteiger partial charge in [-0.15, -0.1) is 0 Å². The molecule has 0 saturated carbocycles. The van der Waals surface area contributed by atoms with Gasteiger partial charge in [0.25, 0.3) is 0 Å². The largest absolute Gasteiger partial charge is 0.375 e. The van der Waals surface area contributed by atoms with E-state index in [9.17, 15) is 4.79 Å². The van der Waals surface area contributed by atoms with E-state index in [-0.39, 0.29) is 12.0 Å².